The molecule has 2 heterocycles. The van der Waals surface area contributed by atoms with Crippen LogP contribution < -0.4 is 4.90 Å². The zero-order valence-electron chi connectivity index (χ0n) is 11.0. The monoisotopic (exact) mass is 284 g/mol. The lowest BCUT2D eigenvalue weighted by Crippen LogP contribution is -2.18. The SMILES string of the molecule is CN(Cc1ccncc1)c1nnc(Cl)c2ccccc12. The smallest absolute Gasteiger partial charge is 0.159 e. The Labute approximate surface area is 122 Å². The number of rotatable bonds is 3. The van der Waals surface area contributed by atoms with Gasteiger partial charge in [0.2, 0.25) is 0 Å². The molecule has 2 aromatic heterocycles. The van der Waals surface area contributed by atoms with E-state index in [4.69, 9.17) is 11.6 Å². The molecule has 5 heteroatoms. The number of pyridine rings is 1. The largest absolute Gasteiger partial charge is 0.353 e. The molecule has 0 amide bonds. The first-order valence-electron chi connectivity index (χ1n) is 6.26. The van der Waals surface area contributed by atoms with Gasteiger partial charge in [-0.2, -0.15) is 0 Å². The molecule has 0 aliphatic heterocycles. The number of hydrogen-bond donors (Lipinski definition) is 0. The van der Waals surface area contributed by atoms with Crippen molar-refractivity contribution in [1.29, 1.82) is 0 Å². The average molecular weight is 285 g/mol. The Hall–Kier alpha value is -2.20. The van der Waals surface area contributed by atoms with E-state index in [1.165, 1.54) is 5.56 Å². The highest BCUT2D eigenvalue weighted by Gasteiger charge is 2.11. The van der Waals surface area contributed by atoms with Gasteiger partial charge in [0, 0.05) is 36.8 Å². The van der Waals surface area contributed by atoms with E-state index >= 15 is 0 Å². The van der Waals surface area contributed by atoms with E-state index in [0.29, 0.717) is 5.15 Å². The molecule has 0 fully saturated rings. The molecule has 0 aliphatic rings. The van der Waals surface area contributed by atoms with Gasteiger partial charge < -0.3 is 4.90 Å². The van der Waals surface area contributed by atoms with Gasteiger partial charge in [0.25, 0.3) is 0 Å². The van der Waals surface area contributed by atoms with Crippen LogP contribution in [0.2, 0.25) is 5.15 Å². The third kappa shape index (κ3) is 2.42. The Kier molecular flexibility index (Phi) is 3.48. The summed E-state index contributed by atoms with van der Waals surface area (Å²) < 4.78 is 0. The van der Waals surface area contributed by atoms with Crippen molar-refractivity contribution in [2.24, 2.45) is 0 Å². The predicted octanol–water partition coefficient (Wildman–Crippen LogP) is 3.31. The zero-order chi connectivity index (χ0) is 13.9. The standard InChI is InChI=1S/C15H13ClN4/c1-20(10-11-6-8-17-9-7-11)15-13-5-3-2-4-12(13)14(16)18-19-15/h2-9H,10H2,1H3. The second-order valence-corrected chi connectivity index (χ2v) is 4.93. The van der Waals surface area contributed by atoms with Crippen molar-refractivity contribution in [2.45, 2.75) is 6.54 Å². The maximum absolute atomic E-state index is 6.09. The molecule has 1 aromatic carbocycles. The highest BCUT2D eigenvalue weighted by atomic mass is 35.5. The molecule has 0 atom stereocenters. The number of anilines is 1. The molecule has 0 N–H and O–H groups in total. The predicted molar refractivity (Wildman–Crippen MR) is 80.9 cm³/mol. The summed E-state index contributed by atoms with van der Waals surface area (Å²) in [5.41, 5.74) is 1.17. The van der Waals surface area contributed by atoms with Gasteiger partial charge in [-0.25, -0.2) is 0 Å². The minimum absolute atomic E-state index is 0.432. The van der Waals surface area contributed by atoms with Crippen molar-refractivity contribution in [3.8, 4) is 0 Å². The van der Waals surface area contributed by atoms with Gasteiger partial charge >= 0.3 is 0 Å². The van der Waals surface area contributed by atoms with Crippen molar-refractivity contribution in [2.75, 3.05) is 11.9 Å². The highest BCUT2D eigenvalue weighted by Crippen LogP contribution is 2.28. The van der Waals surface area contributed by atoms with Gasteiger partial charge in [-0.1, -0.05) is 35.9 Å². The summed E-state index contributed by atoms with van der Waals surface area (Å²) in [5, 5.41) is 10.6. The second-order valence-electron chi connectivity index (χ2n) is 4.57. The van der Waals surface area contributed by atoms with Crippen molar-refractivity contribution in [3.63, 3.8) is 0 Å². The third-order valence-corrected chi connectivity index (χ3v) is 3.43. The quantitative estimate of drug-likeness (QED) is 0.740. The van der Waals surface area contributed by atoms with Gasteiger partial charge in [-0.05, 0) is 17.7 Å². The molecule has 0 bridgehead atoms. The summed E-state index contributed by atoms with van der Waals surface area (Å²) in [6.45, 7) is 0.739. The van der Waals surface area contributed by atoms with Gasteiger partial charge in [-0.15, -0.1) is 10.2 Å². The molecule has 20 heavy (non-hydrogen) atoms. The van der Waals surface area contributed by atoms with Gasteiger partial charge in [0.15, 0.2) is 11.0 Å². The first kappa shape index (κ1) is 12.8. The van der Waals surface area contributed by atoms with E-state index in [-0.39, 0.29) is 0 Å². The number of nitrogens with zero attached hydrogens (tertiary/aromatic N) is 4. The first-order chi connectivity index (χ1) is 9.75. The molecular weight excluding hydrogens is 272 g/mol. The van der Waals surface area contributed by atoms with Gasteiger partial charge in [-0.3, -0.25) is 4.98 Å². The Balaban J connectivity index is 2.00. The summed E-state index contributed by atoms with van der Waals surface area (Å²) >= 11 is 6.09. The summed E-state index contributed by atoms with van der Waals surface area (Å²) in [6, 6.07) is 11.9. The van der Waals surface area contributed by atoms with Crippen molar-refractivity contribution < 1.29 is 0 Å². The lowest BCUT2D eigenvalue weighted by Gasteiger charge is -2.19. The van der Waals surface area contributed by atoms with Crippen LogP contribution >= 0.6 is 11.6 Å². The fraction of sp³-hybridized carbons (Fsp3) is 0.133. The number of benzene rings is 1. The molecular formula is C15H13ClN4. The molecule has 3 aromatic rings. The van der Waals surface area contributed by atoms with Crippen LogP contribution in [0.4, 0.5) is 5.82 Å². The number of halogens is 1. The van der Waals surface area contributed by atoms with E-state index in [1.807, 2.05) is 43.4 Å². The number of hydrogen-bond acceptors (Lipinski definition) is 4. The summed E-state index contributed by atoms with van der Waals surface area (Å²) in [6.07, 6.45) is 3.57. The first-order valence-corrected chi connectivity index (χ1v) is 6.64. The summed E-state index contributed by atoms with van der Waals surface area (Å²) in [4.78, 5) is 6.08. The second kappa shape index (κ2) is 5.43. The van der Waals surface area contributed by atoms with Gasteiger partial charge in [0.05, 0.1) is 0 Å². The molecule has 4 nitrogen and oxygen atoms in total. The zero-order valence-corrected chi connectivity index (χ0v) is 11.7. The van der Waals surface area contributed by atoms with Crippen LogP contribution in [0.3, 0.4) is 0 Å². The Morgan fingerprint density at radius 3 is 2.45 bits per heavy atom. The van der Waals surface area contributed by atoms with Gasteiger partial charge in [0.1, 0.15) is 0 Å². The van der Waals surface area contributed by atoms with Crippen LogP contribution in [0.5, 0.6) is 0 Å². The molecule has 0 aliphatic carbocycles. The van der Waals surface area contributed by atoms with Crippen LogP contribution in [0.25, 0.3) is 10.8 Å². The van der Waals surface area contributed by atoms with Crippen molar-refractivity contribution >= 4 is 28.2 Å². The Morgan fingerprint density at radius 1 is 1.00 bits per heavy atom. The number of aromatic nitrogens is 3. The summed E-state index contributed by atoms with van der Waals surface area (Å²) in [5.74, 6) is 0.821. The molecule has 3 rings (SSSR count). The normalized spacial score (nSPS) is 10.7. The van der Waals surface area contributed by atoms with Crippen LogP contribution in [-0.2, 0) is 6.54 Å². The maximum Gasteiger partial charge on any atom is 0.159 e. The fourth-order valence-electron chi connectivity index (χ4n) is 2.18. The Bertz CT molecular complexity index is 730. The van der Waals surface area contributed by atoms with Crippen LogP contribution in [0, 0.1) is 0 Å². The topological polar surface area (TPSA) is 41.9 Å². The minimum atomic E-state index is 0.432. The fourth-order valence-corrected chi connectivity index (χ4v) is 2.38. The van der Waals surface area contributed by atoms with E-state index in [0.717, 1.165) is 23.1 Å². The van der Waals surface area contributed by atoms with Crippen molar-refractivity contribution in [3.05, 3.63) is 59.5 Å². The lowest BCUT2D eigenvalue weighted by atomic mass is 10.2. The van der Waals surface area contributed by atoms with E-state index in [2.05, 4.69) is 20.1 Å². The van der Waals surface area contributed by atoms with E-state index in [9.17, 15) is 0 Å². The van der Waals surface area contributed by atoms with Crippen LogP contribution in [0.15, 0.2) is 48.8 Å². The molecule has 0 unspecified atom stereocenters. The third-order valence-electron chi connectivity index (χ3n) is 3.15. The molecule has 0 saturated heterocycles. The van der Waals surface area contributed by atoms with Crippen LogP contribution in [-0.4, -0.2) is 22.2 Å². The Morgan fingerprint density at radius 2 is 1.70 bits per heavy atom. The molecule has 100 valence electrons. The molecule has 0 saturated carbocycles. The molecule has 0 spiro atoms. The van der Waals surface area contributed by atoms with E-state index < -0.39 is 0 Å². The number of fused-ring (bicyclic) bond motifs is 1. The van der Waals surface area contributed by atoms with Crippen molar-refractivity contribution in [1.82, 2.24) is 15.2 Å². The lowest BCUT2D eigenvalue weighted by molar-refractivity contribution is 0.874. The minimum Gasteiger partial charge on any atom is -0.353 e. The summed E-state index contributed by atoms with van der Waals surface area (Å²) in [7, 11) is 1.99. The average Bonchev–Trinajstić information content (AvgIpc) is 2.49. The maximum atomic E-state index is 6.09. The highest BCUT2D eigenvalue weighted by molar-refractivity contribution is 6.34. The van der Waals surface area contributed by atoms with E-state index in [1.54, 1.807) is 12.4 Å². The van der Waals surface area contributed by atoms with Crippen LogP contribution in [0.1, 0.15) is 5.56 Å². The molecule has 0 radical (unpaired) electrons.